The second-order valence-corrected chi connectivity index (χ2v) is 10.8. The van der Waals surface area contributed by atoms with E-state index in [0.717, 1.165) is 28.9 Å². The first-order chi connectivity index (χ1) is 15.8. The molecule has 5 nitrogen and oxygen atoms in total. The first kappa shape index (κ1) is 25.5. The summed E-state index contributed by atoms with van der Waals surface area (Å²) in [6, 6.07) is 2.46. The number of aromatic nitrogens is 3. The highest BCUT2D eigenvalue weighted by atomic mass is 35.5. The lowest BCUT2D eigenvalue weighted by Crippen LogP contribution is -2.35. The van der Waals surface area contributed by atoms with Crippen molar-refractivity contribution in [3.05, 3.63) is 49.9 Å². The smallest absolute Gasteiger partial charge is 0.349 e. The van der Waals surface area contributed by atoms with Gasteiger partial charge in [0.15, 0.2) is 0 Å². The third kappa shape index (κ3) is 4.63. The summed E-state index contributed by atoms with van der Waals surface area (Å²) in [5.74, 6) is -0.343. The lowest BCUT2D eigenvalue weighted by molar-refractivity contribution is -0.203. The summed E-state index contributed by atoms with van der Waals surface area (Å²) in [5, 5.41) is 4.49. The molecule has 34 heavy (non-hydrogen) atoms. The van der Waals surface area contributed by atoms with Crippen molar-refractivity contribution in [3.8, 4) is 16.3 Å². The number of nitrogens with zero attached hydrogens (tertiary/aromatic N) is 3. The molecule has 3 aromatic rings. The van der Waals surface area contributed by atoms with Crippen LogP contribution in [-0.4, -0.2) is 33.1 Å². The summed E-state index contributed by atoms with van der Waals surface area (Å²) >= 11 is 19.2. The molecule has 1 aliphatic carbocycles. The van der Waals surface area contributed by atoms with Crippen LogP contribution in [0.25, 0.3) is 16.3 Å². The van der Waals surface area contributed by atoms with E-state index in [1.165, 1.54) is 12.3 Å². The first-order valence-corrected chi connectivity index (χ1v) is 12.3. The van der Waals surface area contributed by atoms with E-state index in [1.54, 1.807) is 0 Å². The molecule has 1 saturated carbocycles. The molecule has 1 unspecified atom stereocenters. The number of rotatable bonds is 6. The number of amides is 1. The number of thiophene rings is 1. The Morgan fingerprint density at radius 1 is 1.12 bits per heavy atom. The molecule has 1 aliphatic rings. The molecule has 182 valence electrons. The molecule has 0 aliphatic heterocycles. The van der Waals surface area contributed by atoms with Gasteiger partial charge in [0.05, 0.1) is 26.7 Å². The standard InChI is InChI=1S/C18H10Cl3F6N4OPS/c19-10-3-7(17(22,33(26)27)18(23,24)25)4-11(20)14(10)31-6-12(29-30-31)13-5-9(15(21)34-13)16(32)28-8-1-2-8/h3-6,8H,1-2H2,(H,28,32). The zero-order valence-electron chi connectivity index (χ0n) is 16.3. The number of hydrogen-bond donors (Lipinski definition) is 1. The summed E-state index contributed by atoms with van der Waals surface area (Å²) in [5.41, 5.74) is -1.16. The van der Waals surface area contributed by atoms with E-state index in [2.05, 4.69) is 15.6 Å². The molecule has 2 aromatic heterocycles. The average molecular weight is 582 g/mol. The summed E-state index contributed by atoms with van der Waals surface area (Å²) < 4.78 is 81.1. The fraction of sp³-hybridized carbons (Fsp3) is 0.278. The zero-order chi connectivity index (χ0) is 25.0. The van der Waals surface area contributed by atoms with Gasteiger partial charge in [0, 0.05) is 11.6 Å². The van der Waals surface area contributed by atoms with Gasteiger partial charge in [-0.3, -0.25) is 4.79 Å². The Bertz CT molecular complexity index is 1240. The number of carbonyl (C=O) groups excluding carboxylic acids is 1. The predicted octanol–water partition coefficient (Wildman–Crippen LogP) is 7.78. The van der Waals surface area contributed by atoms with Gasteiger partial charge in [-0.1, -0.05) is 40.0 Å². The van der Waals surface area contributed by atoms with E-state index in [0.29, 0.717) is 17.0 Å². The third-order valence-electron chi connectivity index (χ3n) is 4.83. The number of alkyl halides is 4. The minimum Gasteiger partial charge on any atom is -0.349 e. The largest absolute Gasteiger partial charge is 0.436 e. The summed E-state index contributed by atoms with van der Waals surface area (Å²) in [6.07, 6.45) is -2.82. The summed E-state index contributed by atoms with van der Waals surface area (Å²) in [7, 11) is -5.12. The van der Waals surface area contributed by atoms with Crippen LogP contribution in [0.4, 0.5) is 26.0 Å². The molecule has 0 spiro atoms. The summed E-state index contributed by atoms with van der Waals surface area (Å²) in [6.45, 7) is 0. The van der Waals surface area contributed by atoms with Crippen molar-refractivity contribution < 1.29 is 30.8 Å². The maximum atomic E-state index is 14.4. The van der Waals surface area contributed by atoms with E-state index in [4.69, 9.17) is 34.8 Å². The fourth-order valence-electron chi connectivity index (χ4n) is 2.96. The van der Waals surface area contributed by atoms with Gasteiger partial charge in [-0.15, -0.1) is 16.4 Å². The van der Waals surface area contributed by atoms with Gasteiger partial charge < -0.3 is 5.32 Å². The Morgan fingerprint density at radius 3 is 2.26 bits per heavy atom. The minimum atomic E-state index is -5.89. The highest BCUT2D eigenvalue weighted by Gasteiger charge is 2.65. The molecule has 16 heteroatoms. The van der Waals surface area contributed by atoms with Crippen LogP contribution in [0.15, 0.2) is 24.4 Å². The Balaban J connectivity index is 1.67. The minimum absolute atomic E-state index is 0.117. The summed E-state index contributed by atoms with van der Waals surface area (Å²) in [4.78, 5) is 12.7. The zero-order valence-corrected chi connectivity index (χ0v) is 20.3. The Kier molecular flexibility index (Phi) is 6.85. The third-order valence-corrected chi connectivity index (χ3v) is 7.76. The van der Waals surface area contributed by atoms with Gasteiger partial charge in [-0.25, -0.2) is 9.07 Å². The van der Waals surface area contributed by atoms with Crippen LogP contribution < -0.4 is 5.32 Å². The van der Waals surface area contributed by atoms with Crippen LogP contribution in [0.1, 0.15) is 28.8 Å². The van der Waals surface area contributed by atoms with Crippen molar-refractivity contribution in [2.45, 2.75) is 30.5 Å². The molecule has 1 aromatic carbocycles. The SMILES string of the molecule is O=C(NC1CC1)c1cc(-c2cn(-c3c(Cl)cc(C(F)(P(F)F)C(F)(F)F)cc3Cl)nn2)sc1Cl. The van der Waals surface area contributed by atoms with Gasteiger partial charge in [-0.2, -0.15) is 21.6 Å². The molecule has 0 saturated heterocycles. The van der Waals surface area contributed by atoms with Gasteiger partial charge in [0.1, 0.15) is 15.7 Å². The second kappa shape index (κ2) is 9.13. The molecule has 0 bridgehead atoms. The van der Waals surface area contributed by atoms with Gasteiger partial charge in [-0.05, 0) is 31.0 Å². The van der Waals surface area contributed by atoms with Crippen LogP contribution in [0, 0.1) is 0 Å². The van der Waals surface area contributed by atoms with Crippen LogP contribution in [0.2, 0.25) is 14.4 Å². The van der Waals surface area contributed by atoms with E-state index < -0.39 is 35.7 Å². The maximum absolute atomic E-state index is 14.4. The lowest BCUT2D eigenvalue weighted by Gasteiger charge is -2.27. The van der Waals surface area contributed by atoms with Gasteiger partial charge in [0.25, 0.3) is 5.91 Å². The van der Waals surface area contributed by atoms with Crippen LogP contribution in [-0.2, 0) is 5.41 Å². The lowest BCUT2D eigenvalue weighted by atomic mass is 10.1. The van der Waals surface area contributed by atoms with E-state index >= 15 is 0 Å². The number of carbonyl (C=O) groups is 1. The molecule has 1 fully saturated rings. The van der Waals surface area contributed by atoms with Crippen LogP contribution in [0.5, 0.6) is 0 Å². The Labute approximate surface area is 208 Å². The fourth-order valence-corrected chi connectivity index (χ4v) is 5.35. The monoisotopic (exact) mass is 580 g/mol. The van der Waals surface area contributed by atoms with Crippen molar-refractivity contribution in [1.29, 1.82) is 0 Å². The predicted molar refractivity (Wildman–Crippen MR) is 118 cm³/mol. The molecule has 1 atom stereocenters. The molecule has 2 heterocycles. The van der Waals surface area contributed by atoms with Crippen molar-refractivity contribution in [3.63, 3.8) is 0 Å². The Morgan fingerprint density at radius 2 is 1.74 bits per heavy atom. The average Bonchev–Trinajstić information content (AvgIpc) is 3.26. The van der Waals surface area contributed by atoms with Crippen molar-refractivity contribution in [2.24, 2.45) is 0 Å². The molecular weight excluding hydrogens is 572 g/mol. The van der Waals surface area contributed by atoms with Crippen molar-refractivity contribution in [2.75, 3.05) is 0 Å². The molecule has 4 rings (SSSR count). The topological polar surface area (TPSA) is 59.8 Å². The molecule has 1 N–H and O–H groups in total. The normalized spacial score (nSPS) is 16.1. The second-order valence-electron chi connectivity index (χ2n) is 7.24. The first-order valence-electron chi connectivity index (χ1n) is 9.23. The maximum Gasteiger partial charge on any atom is 0.436 e. The quantitative estimate of drug-likeness (QED) is 0.239. The molecular formula is C18H10Cl3F6N4OPS. The van der Waals surface area contributed by atoms with Crippen molar-refractivity contribution in [1.82, 2.24) is 20.3 Å². The van der Waals surface area contributed by atoms with E-state index in [9.17, 15) is 30.8 Å². The number of halogens is 9. The highest BCUT2D eigenvalue weighted by molar-refractivity contribution is 7.47. The van der Waals surface area contributed by atoms with Crippen molar-refractivity contribution >= 4 is 60.6 Å². The van der Waals surface area contributed by atoms with E-state index in [-0.39, 0.29) is 33.2 Å². The highest BCUT2D eigenvalue weighted by Crippen LogP contribution is 2.67. The van der Waals surface area contributed by atoms with Gasteiger partial charge >= 0.3 is 20.1 Å². The van der Waals surface area contributed by atoms with Crippen LogP contribution >= 0.6 is 54.7 Å². The number of hydrogen-bond acceptors (Lipinski definition) is 4. The Hall–Kier alpha value is -1.59. The number of benzene rings is 1. The molecule has 1 amide bonds. The van der Waals surface area contributed by atoms with E-state index in [1.807, 2.05) is 0 Å². The molecule has 0 radical (unpaired) electrons. The van der Waals surface area contributed by atoms with Gasteiger partial charge in [0.2, 0.25) is 0 Å². The number of nitrogens with one attached hydrogen (secondary N) is 1. The van der Waals surface area contributed by atoms with Crippen LogP contribution in [0.3, 0.4) is 0 Å².